The summed E-state index contributed by atoms with van der Waals surface area (Å²) in [5.74, 6) is -2.21. The summed E-state index contributed by atoms with van der Waals surface area (Å²) in [6, 6.07) is 0. The second-order valence-corrected chi connectivity index (χ2v) is 5.63. The highest BCUT2D eigenvalue weighted by atomic mass is 19.1. The monoisotopic (exact) mass is 261 g/mol. The minimum atomic E-state index is -2.37. The average Bonchev–Trinajstić information content (AvgIpc) is 2.54. The first kappa shape index (κ1) is 14.7. The molecule has 1 fully saturated rings. The summed E-state index contributed by atoms with van der Waals surface area (Å²) >= 11 is 0. The van der Waals surface area contributed by atoms with Crippen LogP contribution in [0.2, 0.25) is 0 Å². The smallest absolute Gasteiger partial charge is 0.410 e. The SMILES string of the molecule is CC[C@H]1CN(C(=O)OC(C)(C)C)C[C@]1(F)C(=O)O. The maximum atomic E-state index is 14.3. The van der Waals surface area contributed by atoms with Gasteiger partial charge >= 0.3 is 12.1 Å². The van der Waals surface area contributed by atoms with Crippen molar-refractivity contribution < 1.29 is 23.8 Å². The number of hydrogen-bond acceptors (Lipinski definition) is 3. The molecule has 0 aromatic rings. The van der Waals surface area contributed by atoms with Crippen LogP contribution in [-0.2, 0) is 9.53 Å². The second-order valence-electron chi connectivity index (χ2n) is 5.63. The Labute approximate surface area is 106 Å². The number of halogens is 1. The molecule has 0 aromatic heterocycles. The molecule has 0 unspecified atom stereocenters. The topological polar surface area (TPSA) is 66.8 Å². The van der Waals surface area contributed by atoms with Crippen LogP contribution in [0.5, 0.6) is 0 Å². The van der Waals surface area contributed by atoms with Gasteiger partial charge in [0.25, 0.3) is 0 Å². The van der Waals surface area contributed by atoms with Crippen LogP contribution in [0.4, 0.5) is 9.18 Å². The predicted molar refractivity (Wildman–Crippen MR) is 63.1 cm³/mol. The number of nitrogens with zero attached hydrogens (tertiary/aromatic N) is 1. The van der Waals surface area contributed by atoms with Gasteiger partial charge in [-0.1, -0.05) is 6.92 Å². The van der Waals surface area contributed by atoms with Crippen LogP contribution < -0.4 is 0 Å². The van der Waals surface area contributed by atoms with Crippen LogP contribution in [0.3, 0.4) is 0 Å². The van der Waals surface area contributed by atoms with Crippen molar-refractivity contribution in [2.45, 2.75) is 45.4 Å². The molecule has 5 nitrogen and oxygen atoms in total. The van der Waals surface area contributed by atoms with Gasteiger partial charge in [-0.15, -0.1) is 0 Å². The van der Waals surface area contributed by atoms with E-state index in [0.717, 1.165) is 4.90 Å². The van der Waals surface area contributed by atoms with Gasteiger partial charge in [0.05, 0.1) is 6.54 Å². The summed E-state index contributed by atoms with van der Waals surface area (Å²) in [4.78, 5) is 23.9. The molecule has 1 aliphatic rings. The molecule has 18 heavy (non-hydrogen) atoms. The van der Waals surface area contributed by atoms with Crippen LogP contribution in [-0.4, -0.2) is 46.4 Å². The third-order valence-electron chi connectivity index (χ3n) is 3.01. The molecule has 1 saturated heterocycles. The van der Waals surface area contributed by atoms with Crippen LogP contribution in [0.25, 0.3) is 0 Å². The molecule has 1 amide bonds. The third-order valence-corrected chi connectivity index (χ3v) is 3.01. The number of likely N-dealkylation sites (tertiary alicyclic amines) is 1. The van der Waals surface area contributed by atoms with Gasteiger partial charge in [-0.3, -0.25) is 0 Å². The number of rotatable bonds is 2. The van der Waals surface area contributed by atoms with Crippen molar-refractivity contribution >= 4 is 12.1 Å². The molecule has 1 heterocycles. The molecule has 0 aromatic carbocycles. The van der Waals surface area contributed by atoms with Gasteiger partial charge in [0, 0.05) is 12.5 Å². The molecule has 1 N–H and O–H groups in total. The summed E-state index contributed by atoms with van der Waals surface area (Å²) in [5.41, 5.74) is -3.05. The van der Waals surface area contributed by atoms with Crippen molar-refractivity contribution in [3.63, 3.8) is 0 Å². The number of alkyl halides is 1. The first-order valence-corrected chi connectivity index (χ1v) is 6.00. The van der Waals surface area contributed by atoms with Gasteiger partial charge in [-0.25, -0.2) is 14.0 Å². The Bertz CT molecular complexity index is 352. The van der Waals surface area contributed by atoms with E-state index in [1.807, 2.05) is 0 Å². The van der Waals surface area contributed by atoms with E-state index in [1.54, 1.807) is 27.7 Å². The molecule has 0 saturated carbocycles. The Morgan fingerprint density at radius 1 is 1.50 bits per heavy atom. The Morgan fingerprint density at radius 2 is 2.06 bits per heavy atom. The zero-order chi connectivity index (χ0) is 14.1. The minimum Gasteiger partial charge on any atom is -0.479 e. The Balaban J connectivity index is 2.79. The molecule has 0 aliphatic carbocycles. The van der Waals surface area contributed by atoms with E-state index in [1.165, 1.54) is 0 Å². The molecule has 0 bridgehead atoms. The number of carbonyl (C=O) groups excluding carboxylic acids is 1. The van der Waals surface area contributed by atoms with Gasteiger partial charge in [0.1, 0.15) is 5.60 Å². The summed E-state index contributed by atoms with van der Waals surface area (Å²) in [6.07, 6.45) is -0.302. The average molecular weight is 261 g/mol. The lowest BCUT2D eigenvalue weighted by Crippen LogP contribution is -2.43. The maximum Gasteiger partial charge on any atom is 0.410 e. The van der Waals surface area contributed by atoms with E-state index in [2.05, 4.69) is 0 Å². The van der Waals surface area contributed by atoms with Crippen molar-refractivity contribution in [1.29, 1.82) is 0 Å². The Morgan fingerprint density at radius 3 is 2.39 bits per heavy atom. The summed E-state index contributed by atoms with van der Waals surface area (Å²) in [6.45, 7) is 6.46. The van der Waals surface area contributed by atoms with Gasteiger partial charge in [0.15, 0.2) is 0 Å². The van der Waals surface area contributed by atoms with Gasteiger partial charge < -0.3 is 14.7 Å². The third kappa shape index (κ3) is 2.91. The number of carboxylic acids is 1. The number of carboxylic acid groups (broad SMARTS) is 1. The summed E-state index contributed by atoms with van der Waals surface area (Å²) in [7, 11) is 0. The zero-order valence-electron chi connectivity index (χ0n) is 11.2. The fraction of sp³-hybridized carbons (Fsp3) is 0.833. The fourth-order valence-corrected chi connectivity index (χ4v) is 2.04. The van der Waals surface area contributed by atoms with Crippen molar-refractivity contribution in [2.75, 3.05) is 13.1 Å². The van der Waals surface area contributed by atoms with E-state index < -0.39 is 35.8 Å². The lowest BCUT2D eigenvalue weighted by atomic mass is 9.91. The molecule has 104 valence electrons. The maximum absolute atomic E-state index is 14.3. The van der Waals surface area contributed by atoms with E-state index in [-0.39, 0.29) is 6.54 Å². The van der Waals surface area contributed by atoms with Gasteiger partial charge in [-0.2, -0.15) is 0 Å². The van der Waals surface area contributed by atoms with E-state index in [4.69, 9.17) is 9.84 Å². The van der Waals surface area contributed by atoms with Crippen LogP contribution >= 0.6 is 0 Å². The molecule has 1 aliphatic heterocycles. The summed E-state index contributed by atoms with van der Waals surface area (Å²) < 4.78 is 19.4. The zero-order valence-corrected chi connectivity index (χ0v) is 11.2. The largest absolute Gasteiger partial charge is 0.479 e. The van der Waals surface area contributed by atoms with E-state index in [0.29, 0.717) is 6.42 Å². The van der Waals surface area contributed by atoms with Crippen molar-refractivity contribution in [3.05, 3.63) is 0 Å². The highest BCUT2D eigenvalue weighted by Gasteiger charge is 2.54. The first-order chi connectivity index (χ1) is 8.10. The standard InChI is InChI=1S/C12H20FNO4/c1-5-8-6-14(7-12(8,13)9(15)16)10(17)18-11(2,3)4/h8H,5-7H2,1-4H3,(H,15,16)/t8-,12+/m0/s1. The molecular formula is C12H20FNO4. The highest BCUT2D eigenvalue weighted by molar-refractivity contribution is 5.80. The second kappa shape index (κ2) is 4.74. The normalized spacial score (nSPS) is 28.3. The van der Waals surface area contributed by atoms with Crippen LogP contribution in [0.1, 0.15) is 34.1 Å². The number of ether oxygens (including phenoxy) is 1. The molecule has 0 spiro atoms. The quantitative estimate of drug-likeness (QED) is 0.826. The molecule has 2 atom stereocenters. The number of aliphatic carboxylic acids is 1. The minimum absolute atomic E-state index is 0.0776. The lowest BCUT2D eigenvalue weighted by Gasteiger charge is -2.24. The van der Waals surface area contributed by atoms with E-state index in [9.17, 15) is 14.0 Å². The molecule has 6 heteroatoms. The number of amides is 1. The van der Waals surface area contributed by atoms with Crippen molar-refractivity contribution in [1.82, 2.24) is 4.90 Å². The molecule has 1 rings (SSSR count). The first-order valence-electron chi connectivity index (χ1n) is 6.00. The van der Waals surface area contributed by atoms with Crippen molar-refractivity contribution in [2.24, 2.45) is 5.92 Å². The molecular weight excluding hydrogens is 241 g/mol. The summed E-state index contributed by atoms with van der Waals surface area (Å²) in [5, 5.41) is 8.95. The van der Waals surface area contributed by atoms with E-state index >= 15 is 0 Å². The number of carbonyl (C=O) groups is 2. The molecule has 0 radical (unpaired) electrons. The van der Waals surface area contributed by atoms with Crippen LogP contribution in [0.15, 0.2) is 0 Å². The van der Waals surface area contributed by atoms with Gasteiger partial charge in [-0.05, 0) is 27.2 Å². The predicted octanol–water partition coefficient (Wildman–Crippen LogP) is 2.06. The van der Waals surface area contributed by atoms with Gasteiger partial charge in [0.2, 0.25) is 5.67 Å². The lowest BCUT2D eigenvalue weighted by molar-refractivity contribution is -0.152. The highest BCUT2D eigenvalue weighted by Crippen LogP contribution is 2.34. The fourth-order valence-electron chi connectivity index (χ4n) is 2.04. The Kier molecular flexibility index (Phi) is 3.88. The number of hydrogen-bond donors (Lipinski definition) is 1. The van der Waals surface area contributed by atoms with Crippen molar-refractivity contribution in [3.8, 4) is 0 Å². The van der Waals surface area contributed by atoms with Crippen LogP contribution in [0, 0.1) is 5.92 Å². The Hall–Kier alpha value is -1.33.